The number of benzene rings is 4. The number of carbonyl (C=O) groups is 2. The second kappa shape index (κ2) is 11.5. The van der Waals surface area contributed by atoms with Gasteiger partial charge in [-0.3, -0.25) is 14.9 Å². The number of nitrogens with zero attached hydrogens (tertiary/aromatic N) is 2. The lowest BCUT2D eigenvalue weighted by atomic mass is 10.1. The molecule has 0 saturated carbocycles. The summed E-state index contributed by atoms with van der Waals surface area (Å²) in [5.74, 6) is 0.417. The summed E-state index contributed by atoms with van der Waals surface area (Å²) in [5, 5.41) is 24.6. The zero-order valence-corrected chi connectivity index (χ0v) is 22.2. The molecule has 0 atom stereocenters. The van der Waals surface area contributed by atoms with Crippen LogP contribution in [0.5, 0.6) is 17.2 Å². The molecule has 0 saturated heterocycles. The normalized spacial score (nSPS) is 10.6. The van der Waals surface area contributed by atoms with Gasteiger partial charge in [0.15, 0.2) is 5.01 Å². The molecule has 194 valence electrons. The third kappa shape index (κ3) is 6.35. The van der Waals surface area contributed by atoms with Crippen LogP contribution >= 0.6 is 34.5 Å². The van der Waals surface area contributed by atoms with Gasteiger partial charge in [-0.15, -0.1) is 10.2 Å². The maximum atomic E-state index is 12.7. The van der Waals surface area contributed by atoms with E-state index in [2.05, 4.69) is 20.8 Å². The molecule has 8 nitrogen and oxygen atoms in total. The van der Waals surface area contributed by atoms with Crippen LogP contribution in [-0.2, 0) is 0 Å². The number of amides is 2. The summed E-state index contributed by atoms with van der Waals surface area (Å²) in [6, 6.07) is 25.5. The summed E-state index contributed by atoms with van der Waals surface area (Å²) >= 11 is 13.0. The summed E-state index contributed by atoms with van der Waals surface area (Å²) < 4.78 is 5.76. The summed E-state index contributed by atoms with van der Waals surface area (Å²) in [5.41, 5.74) is 1.60. The second-order valence-electron chi connectivity index (χ2n) is 8.12. The van der Waals surface area contributed by atoms with E-state index in [0.29, 0.717) is 38.2 Å². The van der Waals surface area contributed by atoms with Crippen LogP contribution < -0.4 is 15.4 Å². The van der Waals surface area contributed by atoms with E-state index in [1.54, 1.807) is 36.4 Å². The molecule has 0 spiro atoms. The van der Waals surface area contributed by atoms with Crippen LogP contribution in [0.25, 0.3) is 10.6 Å². The van der Waals surface area contributed by atoms with Crippen LogP contribution in [0.2, 0.25) is 10.0 Å². The molecule has 1 aromatic heterocycles. The minimum absolute atomic E-state index is 0.0801. The lowest BCUT2D eigenvalue weighted by molar-refractivity contribution is 0.101. The topological polar surface area (TPSA) is 113 Å². The van der Waals surface area contributed by atoms with Gasteiger partial charge < -0.3 is 15.2 Å². The van der Waals surface area contributed by atoms with E-state index < -0.39 is 5.91 Å². The Hall–Kier alpha value is -4.44. The highest BCUT2D eigenvalue weighted by Gasteiger charge is 2.17. The van der Waals surface area contributed by atoms with Gasteiger partial charge in [-0.2, -0.15) is 0 Å². The number of anilines is 2. The van der Waals surface area contributed by atoms with Gasteiger partial charge in [0.05, 0.1) is 10.6 Å². The number of hydrogen-bond acceptors (Lipinski definition) is 7. The zero-order valence-electron chi connectivity index (χ0n) is 19.9. The van der Waals surface area contributed by atoms with E-state index in [1.807, 2.05) is 30.3 Å². The lowest BCUT2D eigenvalue weighted by Gasteiger charge is -2.08. The number of carbonyl (C=O) groups excluding carboxylic acids is 2. The SMILES string of the molecule is O=C(Nc1ccc(Oc2ccccc2)cc1)c1ccc(C(=O)Nc2nnc(-c3cc(Cl)cc(Cl)c3O)s2)cc1. The van der Waals surface area contributed by atoms with Gasteiger partial charge in [0.2, 0.25) is 5.13 Å². The fourth-order valence-electron chi connectivity index (χ4n) is 3.49. The number of phenols is 1. The molecule has 0 aliphatic carbocycles. The Morgan fingerprint density at radius 1 is 0.769 bits per heavy atom. The van der Waals surface area contributed by atoms with Crippen LogP contribution in [0.15, 0.2) is 91.0 Å². The van der Waals surface area contributed by atoms with Gasteiger partial charge >= 0.3 is 0 Å². The van der Waals surface area contributed by atoms with Crippen molar-refractivity contribution in [2.75, 3.05) is 10.6 Å². The van der Waals surface area contributed by atoms with Crippen molar-refractivity contribution >= 4 is 57.2 Å². The van der Waals surface area contributed by atoms with Crippen LogP contribution in [-0.4, -0.2) is 27.1 Å². The van der Waals surface area contributed by atoms with Crippen molar-refractivity contribution in [2.24, 2.45) is 0 Å². The molecule has 0 radical (unpaired) electrons. The van der Waals surface area contributed by atoms with Crippen molar-refractivity contribution in [2.45, 2.75) is 0 Å². The van der Waals surface area contributed by atoms with Crippen molar-refractivity contribution < 1.29 is 19.4 Å². The maximum absolute atomic E-state index is 12.7. The molecule has 0 aliphatic rings. The first-order valence-electron chi connectivity index (χ1n) is 11.4. The van der Waals surface area contributed by atoms with E-state index in [1.165, 1.54) is 24.3 Å². The largest absolute Gasteiger partial charge is 0.506 e. The Morgan fingerprint density at radius 3 is 2.05 bits per heavy atom. The number of para-hydroxylation sites is 1. The first kappa shape index (κ1) is 26.2. The van der Waals surface area contributed by atoms with Crippen LogP contribution in [0.4, 0.5) is 10.8 Å². The maximum Gasteiger partial charge on any atom is 0.257 e. The fraction of sp³-hybridized carbons (Fsp3) is 0. The summed E-state index contributed by atoms with van der Waals surface area (Å²) in [7, 11) is 0. The van der Waals surface area contributed by atoms with Crippen LogP contribution in [0, 0.1) is 0 Å². The molecule has 0 fully saturated rings. The highest BCUT2D eigenvalue weighted by molar-refractivity contribution is 7.18. The van der Waals surface area contributed by atoms with Crippen LogP contribution in [0.3, 0.4) is 0 Å². The molecule has 5 aromatic rings. The average Bonchev–Trinajstić information content (AvgIpc) is 3.40. The number of aromatic hydroxyl groups is 1. The van der Waals surface area contributed by atoms with Gasteiger partial charge in [0.1, 0.15) is 17.2 Å². The zero-order chi connectivity index (χ0) is 27.4. The predicted molar refractivity (Wildman–Crippen MR) is 152 cm³/mol. The first-order valence-corrected chi connectivity index (χ1v) is 13.0. The Labute approximate surface area is 236 Å². The van der Waals surface area contributed by atoms with Gasteiger partial charge in [-0.1, -0.05) is 52.7 Å². The Morgan fingerprint density at radius 2 is 1.38 bits per heavy atom. The molecule has 3 N–H and O–H groups in total. The smallest absolute Gasteiger partial charge is 0.257 e. The van der Waals surface area contributed by atoms with Crippen molar-refractivity contribution in [3.05, 3.63) is 112 Å². The molecule has 1 heterocycles. The number of aromatic nitrogens is 2. The predicted octanol–water partition coefficient (Wildman–Crippen LogP) is 7.51. The first-order chi connectivity index (χ1) is 18.9. The van der Waals surface area contributed by atoms with Gasteiger partial charge in [-0.25, -0.2) is 0 Å². The molecular formula is C28H18Cl2N4O4S. The van der Waals surface area contributed by atoms with E-state index >= 15 is 0 Å². The number of hydrogen-bond donors (Lipinski definition) is 3. The Kier molecular flexibility index (Phi) is 7.74. The Bertz CT molecular complexity index is 1640. The molecule has 39 heavy (non-hydrogen) atoms. The van der Waals surface area contributed by atoms with E-state index in [4.69, 9.17) is 27.9 Å². The van der Waals surface area contributed by atoms with Crippen molar-refractivity contribution in [3.8, 4) is 27.8 Å². The third-order valence-corrected chi connectivity index (χ3v) is 6.78. The minimum Gasteiger partial charge on any atom is -0.506 e. The van der Waals surface area contributed by atoms with Gasteiger partial charge in [-0.05, 0) is 72.8 Å². The fourth-order valence-corrected chi connectivity index (χ4v) is 4.74. The molecular weight excluding hydrogens is 559 g/mol. The molecule has 2 amide bonds. The highest BCUT2D eigenvalue weighted by Crippen LogP contribution is 2.39. The molecule has 11 heteroatoms. The number of rotatable bonds is 7. The quantitative estimate of drug-likeness (QED) is 0.185. The summed E-state index contributed by atoms with van der Waals surface area (Å²) in [4.78, 5) is 25.4. The second-order valence-corrected chi connectivity index (χ2v) is 9.94. The Balaban J connectivity index is 1.19. The third-order valence-electron chi connectivity index (χ3n) is 5.40. The van der Waals surface area contributed by atoms with Crippen molar-refractivity contribution in [1.29, 1.82) is 0 Å². The van der Waals surface area contributed by atoms with E-state index in [0.717, 1.165) is 17.1 Å². The molecule has 0 bridgehead atoms. The van der Waals surface area contributed by atoms with E-state index in [-0.39, 0.29) is 21.8 Å². The van der Waals surface area contributed by atoms with Crippen molar-refractivity contribution in [1.82, 2.24) is 10.2 Å². The monoisotopic (exact) mass is 576 g/mol. The van der Waals surface area contributed by atoms with Crippen LogP contribution in [0.1, 0.15) is 20.7 Å². The highest BCUT2D eigenvalue weighted by atomic mass is 35.5. The molecule has 4 aromatic carbocycles. The standard InChI is InChI=1S/C28H18Cl2N4O4S/c29-18-14-22(24(35)23(30)15-18)27-33-34-28(39-27)32-26(37)17-8-6-16(7-9-17)25(36)31-19-10-12-21(13-11-19)38-20-4-2-1-3-5-20/h1-15,35H,(H,31,36)(H,32,34,37). The molecule has 0 aliphatic heterocycles. The lowest BCUT2D eigenvalue weighted by Crippen LogP contribution is -2.14. The van der Waals surface area contributed by atoms with Gasteiger partial charge in [0.25, 0.3) is 11.8 Å². The van der Waals surface area contributed by atoms with Crippen molar-refractivity contribution in [3.63, 3.8) is 0 Å². The minimum atomic E-state index is -0.438. The van der Waals surface area contributed by atoms with E-state index in [9.17, 15) is 14.7 Å². The van der Waals surface area contributed by atoms with Gasteiger partial charge in [0, 0.05) is 21.8 Å². The number of ether oxygens (including phenoxy) is 1. The average molecular weight is 577 g/mol. The summed E-state index contributed by atoms with van der Waals surface area (Å²) in [6.45, 7) is 0. The molecule has 0 unspecified atom stereocenters. The number of nitrogens with one attached hydrogen (secondary N) is 2. The summed E-state index contributed by atoms with van der Waals surface area (Å²) in [6.07, 6.45) is 0. The number of phenolic OH excluding ortho intramolecular Hbond substituents is 1. The molecule has 5 rings (SSSR count). The number of halogens is 2.